The lowest BCUT2D eigenvalue weighted by atomic mass is 10.0. The van der Waals surface area contributed by atoms with Gasteiger partial charge in [0.1, 0.15) is 11.6 Å². The van der Waals surface area contributed by atoms with Gasteiger partial charge in [-0.05, 0) is 85.5 Å². The first-order chi connectivity index (χ1) is 15.5. The molecule has 0 fully saturated rings. The molecule has 0 heterocycles. The van der Waals surface area contributed by atoms with Crippen LogP contribution in [-0.2, 0) is 0 Å². The number of aryl methyl sites for hydroxylation is 1. The molecular formula is C28H24F2S2. The molecule has 0 unspecified atom stereocenters. The van der Waals surface area contributed by atoms with E-state index in [1.54, 1.807) is 11.8 Å². The van der Waals surface area contributed by atoms with Gasteiger partial charge in [-0.3, -0.25) is 0 Å². The van der Waals surface area contributed by atoms with Crippen LogP contribution < -0.4 is 0 Å². The molecule has 162 valence electrons. The molecule has 32 heavy (non-hydrogen) atoms. The maximum Gasteiger partial charge on any atom is 0.142 e. The molecule has 3 aromatic carbocycles. The Bertz CT molecular complexity index is 1180. The van der Waals surface area contributed by atoms with Crippen molar-refractivity contribution >= 4 is 23.5 Å². The van der Waals surface area contributed by atoms with E-state index in [0.29, 0.717) is 10.5 Å². The van der Waals surface area contributed by atoms with Crippen molar-refractivity contribution in [1.82, 2.24) is 0 Å². The number of hydrogen-bond acceptors (Lipinski definition) is 2. The third-order valence-corrected chi connectivity index (χ3v) is 6.58. The highest BCUT2D eigenvalue weighted by Gasteiger charge is 2.09. The van der Waals surface area contributed by atoms with Crippen molar-refractivity contribution < 1.29 is 8.78 Å². The van der Waals surface area contributed by atoms with Gasteiger partial charge < -0.3 is 0 Å². The van der Waals surface area contributed by atoms with Crippen molar-refractivity contribution in [3.8, 4) is 23.7 Å². The van der Waals surface area contributed by atoms with Crippen LogP contribution in [0.3, 0.4) is 0 Å². The molecule has 0 saturated carbocycles. The zero-order chi connectivity index (χ0) is 22.9. The summed E-state index contributed by atoms with van der Waals surface area (Å²) in [6, 6.07) is 16.4. The molecule has 4 heteroatoms. The third kappa shape index (κ3) is 6.67. The highest BCUT2D eigenvalue weighted by Crippen LogP contribution is 2.24. The smallest absolute Gasteiger partial charge is 0.142 e. The van der Waals surface area contributed by atoms with Gasteiger partial charge in [-0.15, -0.1) is 23.5 Å². The van der Waals surface area contributed by atoms with Crippen LogP contribution in [0.2, 0.25) is 0 Å². The van der Waals surface area contributed by atoms with E-state index in [0.717, 1.165) is 35.3 Å². The molecular weight excluding hydrogens is 438 g/mol. The van der Waals surface area contributed by atoms with E-state index in [1.807, 2.05) is 43.5 Å². The van der Waals surface area contributed by atoms with Crippen molar-refractivity contribution in [2.45, 2.75) is 36.5 Å². The third-order valence-electron chi connectivity index (χ3n) is 4.77. The summed E-state index contributed by atoms with van der Waals surface area (Å²) in [5, 5.41) is 0. The number of hydrogen-bond donors (Lipinski definition) is 0. The highest BCUT2D eigenvalue weighted by molar-refractivity contribution is 7.99. The SMILES string of the molecule is CCCCSc1cc(F)c(C#Cc2ccc(C#Cc3ccc(SC)cc3)c(C)c2)c(F)c1. The second-order valence-electron chi connectivity index (χ2n) is 7.22. The molecule has 0 nitrogen and oxygen atoms in total. The summed E-state index contributed by atoms with van der Waals surface area (Å²) >= 11 is 3.16. The van der Waals surface area contributed by atoms with Crippen molar-refractivity contribution in [3.05, 3.63) is 94.0 Å². The van der Waals surface area contributed by atoms with Gasteiger partial charge in [0, 0.05) is 26.5 Å². The van der Waals surface area contributed by atoms with Crippen LogP contribution in [0.5, 0.6) is 0 Å². The molecule has 0 spiro atoms. The van der Waals surface area contributed by atoms with E-state index in [-0.39, 0.29) is 5.56 Å². The van der Waals surface area contributed by atoms with Gasteiger partial charge in [0.2, 0.25) is 0 Å². The molecule has 0 bridgehead atoms. The molecule has 0 saturated heterocycles. The lowest BCUT2D eigenvalue weighted by Gasteiger charge is -2.04. The molecule has 0 aromatic heterocycles. The van der Waals surface area contributed by atoms with Crippen molar-refractivity contribution in [2.75, 3.05) is 12.0 Å². The Kier molecular flexibility index (Phi) is 8.86. The Morgan fingerprint density at radius 2 is 1.44 bits per heavy atom. The van der Waals surface area contributed by atoms with E-state index < -0.39 is 11.6 Å². The monoisotopic (exact) mass is 462 g/mol. The Hall–Kier alpha value is -2.66. The number of thioether (sulfide) groups is 2. The van der Waals surface area contributed by atoms with Gasteiger partial charge in [-0.25, -0.2) is 8.78 Å². The summed E-state index contributed by atoms with van der Waals surface area (Å²) in [6.07, 6.45) is 4.11. The molecule has 3 aromatic rings. The maximum absolute atomic E-state index is 14.4. The topological polar surface area (TPSA) is 0 Å². The van der Waals surface area contributed by atoms with Crippen LogP contribution in [0.25, 0.3) is 0 Å². The Morgan fingerprint density at radius 1 is 0.781 bits per heavy atom. The van der Waals surface area contributed by atoms with Crippen molar-refractivity contribution in [3.63, 3.8) is 0 Å². The fourth-order valence-corrected chi connectivity index (χ4v) is 4.37. The average molecular weight is 463 g/mol. The van der Waals surface area contributed by atoms with Gasteiger partial charge in [-0.1, -0.05) is 37.0 Å². The average Bonchev–Trinajstić information content (AvgIpc) is 2.78. The van der Waals surface area contributed by atoms with Crippen molar-refractivity contribution in [2.24, 2.45) is 0 Å². The van der Waals surface area contributed by atoms with Crippen LogP contribution >= 0.6 is 23.5 Å². The normalized spacial score (nSPS) is 10.2. The van der Waals surface area contributed by atoms with Gasteiger partial charge in [0.15, 0.2) is 0 Å². The number of benzene rings is 3. The zero-order valence-electron chi connectivity index (χ0n) is 18.4. The van der Waals surface area contributed by atoms with E-state index in [4.69, 9.17) is 0 Å². The Balaban J connectivity index is 1.76. The quantitative estimate of drug-likeness (QED) is 0.217. The predicted octanol–water partition coefficient (Wildman–Crippen LogP) is 7.69. The Labute approximate surface area is 198 Å². The highest BCUT2D eigenvalue weighted by atomic mass is 32.2. The summed E-state index contributed by atoms with van der Waals surface area (Å²) in [5.41, 5.74) is 3.31. The second kappa shape index (κ2) is 11.8. The minimum Gasteiger partial charge on any atom is -0.205 e. The molecule has 0 N–H and O–H groups in total. The first kappa shape index (κ1) is 24.0. The number of rotatable bonds is 5. The standard InChI is InChI=1S/C28H24F2S2/c1-4-5-16-32-25-18-27(29)26(28(30)19-25)15-10-22-7-12-23(20(2)17-22)11-6-21-8-13-24(31-3)14-9-21/h7-9,12-14,17-19H,4-5,16H2,1-3H3. The van der Waals surface area contributed by atoms with Gasteiger partial charge >= 0.3 is 0 Å². The minimum absolute atomic E-state index is 0.194. The van der Waals surface area contributed by atoms with Crippen LogP contribution in [0.1, 0.15) is 47.6 Å². The van der Waals surface area contributed by atoms with Gasteiger partial charge in [-0.2, -0.15) is 0 Å². The largest absolute Gasteiger partial charge is 0.205 e. The van der Waals surface area contributed by atoms with Crippen LogP contribution in [0.15, 0.2) is 64.4 Å². The van der Waals surface area contributed by atoms with E-state index in [2.05, 4.69) is 42.7 Å². The Morgan fingerprint density at radius 3 is 2.06 bits per heavy atom. The van der Waals surface area contributed by atoms with Crippen molar-refractivity contribution in [1.29, 1.82) is 0 Å². The number of halogens is 2. The maximum atomic E-state index is 14.4. The van der Waals surface area contributed by atoms with E-state index in [9.17, 15) is 8.78 Å². The fraction of sp³-hybridized carbons (Fsp3) is 0.214. The molecule has 3 rings (SSSR count). The summed E-state index contributed by atoms with van der Waals surface area (Å²) in [6.45, 7) is 4.04. The lowest BCUT2D eigenvalue weighted by molar-refractivity contribution is 0.571. The fourth-order valence-electron chi connectivity index (χ4n) is 2.92. The summed E-state index contributed by atoms with van der Waals surface area (Å²) < 4.78 is 28.8. The van der Waals surface area contributed by atoms with E-state index in [1.165, 1.54) is 28.8 Å². The number of unbranched alkanes of at least 4 members (excludes halogenated alkanes) is 1. The van der Waals surface area contributed by atoms with Crippen LogP contribution in [-0.4, -0.2) is 12.0 Å². The molecule has 0 aliphatic carbocycles. The van der Waals surface area contributed by atoms with Gasteiger partial charge in [0.05, 0.1) is 5.56 Å². The van der Waals surface area contributed by atoms with E-state index >= 15 is 0 Å². The summed E-state index contributed by atoms with van der Waals surface area (Å²) in [5.74, 6) is 11.5. The second-order valence-corrected chi connectivity index (χ2v) is 9.27. The molecule has 0 aliphatic heterocycles. The molecule has 0 atom stereocenters. The molecule has 0 radical (unpaired) electrons. The van der Waals surface area contributed by atoms with Crippen LogP contribution in [0, 0.1) is 42.2 Å². The molecule has 0 aliphatic rings. The van der Waals surface area contributed by atoms with Crippen LogP contribution in [0.4, 0.5) is 8.78 Å². The summed E-state index contributed by atoms with van der Waals surface area (Å²) in [4.78, 5) is 1.80. The minimum atomic E-state index is -0.622. The lowest BCUT2D eigenvalue weighted by Crippen LogP contribution is -1.92. The summed E-state index contributed by atoms with van der Waals surface area (Å²) in [7, 11) is 0. The first-order valence-electron chi connectivity index (χ1n) is 10.4. The van der Waals surface area contributed by atoms with Gasteiger partial charge in [0.25, 0.3) is 0 Å². The predicted molar refractivity (Wildman–Crippen MR) is 133 cm³/mol. The molecule has 0 amide bonds. The zero-order valence-corrected chi connectivity index (χ0v) is 20.0. The first-order valence-corrected chi connectivity index (χ1v) is 12.6.